The molecule has 116 valence electrons. The molecular weight excluding hydrogens is 294 g/mol. The van der Waals surface area contributed by atoms with E-state index in [9.17, 15) is 8.42 Å². The highest BCUT2D eigenvalue weighted by atomic mass is 32.2. The summed E-state index contributed by atoms with van der Waals surface area (Å²) in [6, 6.07) is 6.34. The van der Waals surface area contributed by atoms with Crippen molar-refractivity contribution >= 4 is 10.0 Å². The van der Waals surface area contributed by atoms with Gasteiger partial charge in [0, 0.05) is 26.3 Å². The summed E-state index contributed by atoms with van der Waals surface area (Å²) in [6.07, 6.45) is -0.375. The molecule has 1 aromatic carbocycles. The lowest BCUT2D eigenvalue weighted by atomic mass is 10.2. The summed E-state index contributed by atoms with van der Waals surface area (Å²) >= 11 is 0. The quantitative estimate of drug-likeness (QED) is 0.691. The van der Waals surface area contributed by atoms with Crippen LogP contribution in [0.1, 0.15) is 5.56 Å². The molecule has 1 unspecified atom stereocenters. The van der Waals surface area contributed by atoms with E-state index >= 15 is 0 Å². The summed E-state index contributed by atoms with van der Waals surface area (Å²) in [5.74, 6) is 5.06. The van der Waals surface area contributed by atoms with E-state index in [2.05, 4.69) is 16.6 Å². The van der Waals surface area contributed by atoms with Crippen LogP contribution < -0.4 is 4.72 Å². The molecule has 0 saturated heterocycles. The number of aliphatic hydroxyl groups excluding tert-OH is 1. The molecule has 0 radical (unpaired) electrons. The molecule has 0 heterocycles. The molecule has 0 spiro atoms. The Morgan fingerprint density at radius 2 is 2.05 bits per heavy atom. The van der Waals surface area contributed by atoms with Crippen molar-refractivity contribution in [1.29, 1.82) is 0 Å². The van der Waals surface area contributed by atoms with E-state index in [1.165, 1.54) is 20.3 Å². The number of rotatable bonds is 7. The van der Waals surface area contributed by atoms with Gasteiger partial charge in [0.15, 0.2) is 0 Å². The van der Waals surface area contributed by atoms with Crippen LogP contribution in [0.4, 0.5) is 0 Å². The third-order valence-corrected chi connectivity index (χ3v) is 4.15. The molecule has 0 amide bonds. The molecular formula is C14H19NO5S. The number of aliphatic hydroxyl groups is 1. The van der Waals surface area contributed by atoms with Gasteiger partial charge in [0.25, 0.3) is 0 Å². The summed E-state index contributed by atoms with van der Waals surface area (Å²) in [6.45, 7) is 0.0425. The van der Waals surface area contributed by atoms with Crippen molar-refractivity contribution in [3.05, 3.63) is 29.8 Å². The molecule has 0 aliphatic heterocycles. The van der Waals surface area contributed by atoms with E-state index < -0.39 is 10.0 Å². The normalized spacial score (nSPS) is 12.5. The zero-order valence-corrected chi connectivity index (χ0v) is 12.8. The van der Waals surface area contributed by atoms with Crippen molar-refractivity contribution in [2.24, 2.45) is 0 Å². The highest BCUT2D eigenvalue weighted by Gasteiger charge is 2.19. The number of methoxy groups -OCH3 is 2. The minimum absolute atomic E-state index is 0.0678. The maximum atomic E-state index is 12.3. The zero-order chi connectivity index (χ0) is 15.7. The largest absolute Gasteiger partial charge is 0.384 e. The Morgan fingerprint density at radius 1 is 1.33 bits per heavy atom. The van der Waals surface area contributed by atoms with Gasteiger partial charge < -0.3 is 14.6 Å². The van der Waals surface area contributed by atoms with E-state index in [4.69, 9.17) is 14.6 Å². The lowest BCUT2D eigenvalue weighted by molar-refractivity contribution is 0.0320. The van der Waals surface area contributed by atoms with Crippen LogP contribution in [-0.4, -0.2) is 53.6 Å². The van der Waals surface area contributed by atoms with Gasteiger partial charge in [-0.3, -0.25) is 0 Å². The van der Waals surface area contributed by atoms with Crippen LogP contribution in [-0.2, 0) is 19.5 Å². The van der Waals surface area contributed by atoms with Gasteiger partial charge in [0.1, 0.15) is 6.61 Å². The van der Waals surface area contributed by atoms with E-state index in [1.54, 1.807) is 18.2 Å². The first-order valence-electron chi connectivity index (χ1n) is 6.25. The predicted octanol–water partition coefficient (Wildman–Crippen LogP) is -0.0299. The number of benzene rings is 1. The van der Waals surface area contributed by atoms with Crippen LogP contribution in [0, 0.1) is 11.8 Å². The molecule has 0 bridgehead atoms. The van der Waals surface area contributed by atoms with Gasteiger partial charge in [0.05, 0.1) is 17.6 Å². The first-order chi connectivity index (χ1) is 10.0. The predicted molar refractivity (Wildman–Crippen MR) is 78.3 cm³/mol. The van der Waals surface area contributed by atoms with Crippen molar-refractivity contribution in [2.75, 3.05) is 34.0 Å². The smallest absolute Gasteiger partial charge is 0.241 e. The molecule has 0 aliphatic carbocycles. The van der Waals surface area contributed by atoms with Crippen molar-refractivity contribution < 1.29 is 23.0 Å². The maximum absolute atomic E-state index is 12.3. The fourth-order valence-electron chi connectivity index (χ4n) is 1.62. The Bertz CT molecular complexity index is 603. The van der Waals surface area contributed by atoms with Gasteiger partial charge >= 0.3 is 0 Å². The Morgan fingerprint density at radius 3 is 2.67 bits per heavy atom. The fourth-order valence-corrected chi connectivity index (χ4v) is 2.84. The lowest BCUT2D eigenvalue weighted by Gasteiger charge is -2.15. The first kappa shape index (κ1) is 17.6. The van der Waals surface area contributed by atoms with Gasteiger partial charge in [-0.1, -0.05) is 24.0 Å². The average molecular weight is 313 g/mol. The zero-order valence-electron chi connectivity index (χ0n) is 12.0. The number of nitrogens with one attached hydrogen (secondary N) is 1. The van der Waals surface area contributed by atoms with Crippen molar-refractivity contribution in [1.82, 2.24) is 4.72 Å². The number of hydrogen-bond acceptors (Lipinski definition) is 5. The third-order valence-electron chi connectivity index (χ3n) is 2.67. The highest BCUT2D eigenvalue weighted by molar-refractivity contribution is 7.89. The second-order valence-electron chi connectivity index (χ2n) is 4.12. The third kappa shape index (κ3) is 5.46. The Kier molecular flexibility index (Phi) is 7.36. The summed E-state index contributed by atoms with van der Waals surface area (Å²) in [5.41, 5.74) is 0.333. The molecule has 7 heteroatoms. The molecule has 0 fully saturated rings. The van der Waals surface area contributed by atoms with Gasteiger partial charge in [-0.05, 0) is 12.1 Å². The highest BCUT2D eigenvalue weighted by Crippen LogP contribution is 2.14. The van der Waals surface area contributed by atoms with Crippen LogP contribution >= 0.6 is 0 Å². The van der Waals surface area contributed by atoms with Gasteiger partial charge in [-0.2, -0.15) is 0 Å². The molecule has 0 aromatic heterocycles. The van der Waals surface area contributed by atoms with Crippen LogP contribution in [0.3, 0.4) is 0 Å². The molecule has 6 nitrogen and oxygen atoms in total. The first-order valence-corrected chi connectivity index (χ1v) is 7.73. The topological polar surface area (TPSA) is 84.9 Å². The summed E-state index contributed by atoms with van der Waals surface area (Å²) in [4.78, 5) is 0.0678. The van der Waals surface area contributed by atoms with Crippen molar-refractivity contribution in [3.63, 3.8) is 0 Å². The van der Waals surface area contributed by atoms with Crippen LogP contribution in [0.15, 0.2) is 29.2 Å². The van der Waals surface area contributed by atoms with E-state index in [0.717, 1.165) is 0 Å². The standard InChI is InChI=1S/C14H19NO5S/c1-19-11-13(20-2)10-15-21(17,18)14-8-4-3-6-12(14)7-5-9-16/h3-4,6,8,13,15-16H,9-11H2,1-2H3. The number of sulfonamides is 1. The van der Waals surface area contributed by atoms with Crippen molar-refractivity contribution in [3.8, 4) is 11.8 Å². The van der Waals surface area contributed by atoms with Gasteiger partial charge in [0.2, 0.25) is 10.0 Å². The van der Waals surface area contributed by atoms with E-state index in [0.29, 0.717) is 5.56 Å². The Hall–Kier alpha value is -1.43. The summed E-state index contributed by atoms with van der Waals surface area (Å²) in [7, 11) is -0.716. The lowest BCUT2D eigenvalue weighted by Crippen LogP contribution is -2.35. The SMILES string of the molecule is COCC(CNS(=O)(=O)c1ccccc1C#CCO)OC. The molecule has 21 heavy (non-hydrogen) atoms. The molecule has 1 aromatic rings. The average Bonchev–Trinajstić information content (AvgIpc) is 2.49. The number of hydrogen-bond donors (Lipinski definition) is 2. The molecule has 1 atom stereocenters. The minimum Gasteiger partial charge on any atom is -0.384 e. The molecule has 0 saturated carbocycles. The summed E-state index contributed by atoms with van der Waals surface area (Å²) < 4.78 is 37.1. The fraction of sp³-hybridized carbons (Fsp3) is 0.429. The van der Waals surface area contributed by atoms with Gasteiger partial charge in [-0.15, -0.1) is 0 Å². The number of ether oxygens (including phenoxy) is 2. The molecule has 1 rings (SSSR count). The van der Waals surface area contributed by atoms with Gasteiger partial charge in [-0.25, -0.2) is 13.1 Å². The second kappa shape index (κ2) is 8.77. The van der Waals surface area contributed by atoms with Crippen LogP contribution in [0.5, 0.6) is 0 Å². The Labute approximate surface area is 125 Å². The molecule has 0 aliphatic rings. The van der Waals surface area contributed by atoms with Crippen LogP contribution in [0.25, 0.3) is 0 Å². The van der Waals surface area contributed by atoms with Crippen molar-refractivity contribution in [2.45, 2.75) is 11.0 Å². The minimum atomic E-state index is -3.71. The van der Waals surface area contributed by atoms with E-state index in [1.807, 2.05) is 0 Å². The Balaban J connectivity index is 2.93. The van der Waals surface area contributed by atoms with E-state index in [-0.39, 0.29) is 30.8 Å². The maximum Gasteiger partial charge on any atom is 0.241 e. The summed E-state index contributed by atoms with van der Waals surface area (Å²) in [5, 5.41) is 8.72. The van der Waals surface area contributed by atoms with Crippen LogP contribution in [0.2, 0.25) is 0 Å². The second-order valence-corrected chi connectivity index (χ2v) is 5.86. The molecule has 2 N–H and O–H groups in total. The monoisotopic (exact) mass is 313 g/mol.